The largest absolute Gasteiger partial charge is 0.342 e. The summed E-state index contributed by atoms with van der Waals surface area (Å²) in [5, 5.41) is 0. The van der Waals surface area contributed by atoms with Gasteiger partial charge in [-0.05, 0) is 18.2 Å². The van der Waals surface area contributed by atoms with Crippen molar-refractivity contribution in [3.05, 3.63) is 40.9 Å². The Kier molecular flexibility index (Phi) is 3.56. The third kappa shape index (κ3) is 1.79. The quantitative estimate of drug-likeness (QED) is 0.633. The normalized spacial score (nSPS) is 22.2. The maximum atomic E-state index is 12.4. The molecular weight excluding hydrogens is 298 g/mol. The van der Waals surface area contributed by atoms with E-state index in [0.717, 1.165) is 10.2 Å². The van der Waals surface area contributed by atoms with Crippen molar-refractivity contribution >= 4 is 27.5 Å². The number of halogens is 1. The van der Waals surface area contributed by atoms with Crippen LogP contribution >= 0.6 is 15.9 Å². The molecular formula is C13H14BrNO3. The molecule has 0 bridgehead atoms. The van der Waals surface area contributed by atoms with Crippen LogP contribution in [0.1, 0.15) is 5.56 Å². The van der Waals surface area contributed by atoms with Gasteiger partial charge in [-0.2, -0.15) is 0 Å². The average Bonchev–Trinajstić information content (AvgIpc) is 2.58. The highest BCUT2D eigenvalue weighted by atomic mass is 79.9. The van der Waals surface area contributed by atoms with E-state index in [1.54, 1.807) is 13.1 Å². The van der Waals surface area contributed by atoms with Crippen LogP contribution in [0, 0.1) is 0 Å². The summed E-state index contributed by atoms with van der Waals surface area (Å²) in [5.41, 5.74) is 1.49. The van der Waals surface area contributed by atoms with Gasteiger partial charge in [0.2, 0.25) is 0 Å². The van der Waals surface area contributed by atoms with Gasteiger partial charge >= 0.3 is 0 Å². The Morgan fingerprint density at radius 2 is 2.28 bits per heavy atom. The summed E-state index contributed by atoms with van der Waals surface area (Å²) in [4.78, 5) is 13.9. The second-order valence-electron chi connectivity index (χ2n) is 3.95. The monoisotopic (exact) mass is 311 g/mol. The van der Waals surface area contributed by atoms with Crippen LogP contribution in [0.25, 0.3) is 0 Å². The van der Waals surface area contributed by atoms with Gasteiger partial charge in [-0.25, -0.2) is 0 Å². The first kappa shape index (κ1) is 13.3. The van der Waals surface area contributed by atoms with Crippen LogP contribution in [0.4, 0.5) is 5.69 Å². The Morgan fingerprint density at radius 3 is 2.89 bits per heavy atom. The Balaban J connectivity index is 2.57. The van der Waals surface area contributed by atoms with Gasteiger partial charge in [0.05, 0.1) is 12.3 Å². The lowest BCUT2D eigenvalue weighted by Crippen LogP contribution is -2.42. The van der Waals surface area contributed by atoms with E-state index in [2.05, 4.69) is 22.5 Å². The van der Waals surface area contributed by atoms with Gasteiger partial charge in [0.15, 0.2) is 0 Å². The minimum atomic E-state index is -1.37. The van der Waals surface area contributed by atoms with E-state index in [1.807, 2.05) is 18.2 Å². The first-order valence-electron chi connectivity index (χ1n) is 5.45. The topological polar surface area (TPSA) is 38.8 Å². The lowest BCUT2D eigenvalue weighted by molar-refractivity contribution is -0.216. The summed E-state index contributed by atoms with van der Waals surface area (Å²) in [6, 6.07) is 5.57. The van der Waals surface area contributed by atoms with E-state index < -0.39 is 5.79 Å². The molecule has 4 nitrogen and oxygen atoms in total. The number of hydrogen-bond donors (Lipinski definition) is 0. The van der Waals surface area contributed by atoms with Crippen molar-refractivity contribution in [3.63, 3.8) is 0 Å². The van der Waals surface area contributed by atoms with Gasteiger partial charge in [-0.3, -0.25) is 4.79 Å². The fraction of sp³-hybridized carbons (Fsp3) is 0.308. The molecule has 1 aromatic rings. The SMILES string of the molecule is C=CCOC1(OC)C(=O)N(C)c2ccc(Br)cc21. The van der Waals surface area contributed by atoms with E-state index in [0.29, 0.717) is 5.56 Å². The molecule has 5 heteroatoms. The van der Waals surface area contributed by atoms with Crippen molar-refractivity contribution in [1.29, 1.82) is 0 Å². The van der Waals surface area contributed by atoms with Crippen LogP contribution in [0.15, 0.2) is 35.3 Å². The highest BCUT2D eigenvalue weighted by Gasteiger charge is 2.52. The predicted octanol–water partition coefficient (Wildman–Crippen LogP) is 2.43. The molecule has 1 heterocycles. The Labute approximate surface area is 114 Å². The molecule has 0 fully saturated rings. The molecule has 0 N–H and O–H groups in total. The number of likely N-dealkylation sites (N-methyl/N-ethyl adjacent to an activating group) is 1. The van der Waals surface area contributed by atoms with Gasteiger partial charge < -0.3 is 14.4 Å². The van der Waals surface area contributed by atoms with E-state index in [1.165, 1.54) is 12.0 Å². The number of carbonyl (C=O) groups excluding carboxylic acids is 1. The van der Waals surface area contributed by atoms with Crippen molar-refractivity contribution in [2.45, 2.75) is 5.79 Å². The molecule has 0 saturated carbocycles. The second kappa shape index (κ2) is 4.84. The summed E-state index contributed by atoms with van der Waals surface area (Å²) in [7, 11) is 3.16. The Morgan fingerprint density at radius 1 is 1.56 bits per heavy atom. The van der Waals surface area contributed by atoms with Crippen molar-refractivity contribution in [1.82, 2.24) is 0 Å². The first-order chi connectivity index (χ1) is 8.56. The molecule has 1 atom stereocenters. The van der Waals surface area contributed by atoms with E-state index in [4.69, 9.17) is 9.47 Å². The summed E-state index contributed by atoms with van der Waals surface area (Å²) in [6.07, 6.45) is 1.59. The lowest BCUT2D eigenvalue weighted by atomic mass is 10.1. The number of ether oxygens (including phenoxy) is 2. The average molecular weight is 312 g/mol. The number of amides is 1. The molecule has 96 valence electrons. The molecule has 2 rings (SSSR count). The summed E-state index contributed by atoms with van der Waals surface area (Å²) in [5.74, 6) is -1.61. The van der Waals surface area contributed by atoms with Crippen LogP contribution in [-0.4, -0.2) is 26.7 Å². The number of nitrogens with zero attached hydrogens (tertiary/aromatic N) is 1. The van der Waals surface area contributed by atoms with Crippen molar-refractivity contribution < 1.29 is 14.3 Å². The standard InChI is InChI=1S/C13H14BrNO3/c1-4-7-18-13(17-3)10-8-9(14)5-6-11(10)15(2)12(13)16/h4-6,8H,1,7H2,2-3H3. The number of fused-ring (bicyclic) bond motifs is 1. The van der Waals surface area contributed by atoms with Crippen LogP contribution in [0.2, 0.25) is 0 Å². The van der Waals surface area contributed by atoms with Crippen molar-refractivity contribution in [3.8, 4) is 0 Å². The molecule has 0 saturated heterocycles. The summed E-state index contributed by atoms with van der Waals surface area (Å²) in [6.45, 7) is 3.83. The summed E-state index contributed by atoms with van der Waals surface area (Å²) < 4.78 is 11.9. The molecule has 1 amide bonds. The van der Waals surface area contributed by atoms with Crippen molar-refractivity contribution in [2.75, 3.05) is 25.7 Å². The zero-order valence-corrected chi connectivity index (χ0v) is 11.9. The van der Waals surface area contributed by atoms with Gasteiger partial charge in [-0.15, -0.1) is 6.58 Å². The minimum Gasteiger partial charge on any atom is -0.342 e. The predicted molar refractivity (Wildman–Crippen MR) is 72.4 cm³/mol. The number of benzene rings is 1. The highest BCUT2D eigenvalue weighted by molar-refractivity contribution is 9.10. The second-order valence-corrected chi connectivity index (χ2v) is 4.86. The van der Waals surface area contributed by atoms with Crippen LogP contribution in [-0.2, 0) is 20.1 Å². The van der Waals surface area contributed by atoms with Gasteiger partial charge in [0, 0.05) is 24.2 Å². The number of rotatable bonds is 4. The molecule has 1 unspecified atom stereocenters. The molecule has 0 radical (unpaired) electrons. The minimum absolute atomic E-state index is 0.235. The summed E-state index contributed by atoms with van der Waals surface area (Å²) >= 11 is 3.39. The zero-order valence-electron chi connectivity index (χ0n) is 10.3. The van der Waals surface area contributed by atoms with Gasteiger partial charge in [0.25, 0.3) is 11.7 Å². The molecule has 18 heavy (non-hydrogen) atoms. The molecule has 1 aliphatic rings. The van der Waals surface area contributed by atoms with Gasteiger partial charge in [0.1, 0.15) is 0 Å². The number of hydrogen-bond acceptors (Lipinski definition) is 3. The van der Waals surface area contributed by atoms with E-state index >= 15 is 0 Å². The Bertz CT molecular complexity index is 503. The zero-order chi connectivity index (χ0) is 13.3. The maximum absolute atomic E-state index is 12.4. The molecule has 1 aliphatic heterocycles. The maximum Gasteiger partial charge on any atom is 0.292 e. The fourth-order valence-corrected chi connectivity index (χ4v) is 2.44. The molecule has 1 aromatic carbocycles. The molecule has 0 aliphatic carbocycles. The number of methoxy groups -OCH3 is 1. The number of anilines is 1. The van der Waals surface area contributed by atoms with E-state index in [-0.39, 0.29) is 12.5 Å². The number of carbonyl (C=O) groups is 1. The first-order valence-corrected chi connectivity index (χ1v) is 6.24. The fourth-order valence-electron chi connectivity index (χ4n) is 2.08. The Hall–Kier alpha value is -1.17. The third-order valence-corrected chi connectivity index (χ3v) is 3.45. The van der Waals surface area contributed by atoms with Crippen molar-refractivity contribution in [2.24, 2.45) is 0 Å². The third-order valence-electron chi connectivity index (χ3n) is 2.95. The van der Waals surface area contributed by atoms with Crippen LogP contribution in [0.3, 0.4) is 0 Å². The van der Waals surface area contributed by atoms with Crippen LogP contribution in [0.5, 0.6) is 0 Å². The highest BCUT2D eigenvalue weighted by Crippen LogP contribution is 2.43. The smallest absolute Gasteiger partial charge is 0.292 e. The molecule has 0 spiro atoms. The van der Waals surface area contributed by atoms with Gasteiger partial charge in [-0.1, -0.05) is 22.0 Å². The molecule has 0 aromatic heterocycles. The van der Waals surface area contributed by atoms with E-state index in [9.17, 15) is 4.79 Å². The lowest BCUT2D eigenvalue weighted by Gasteiger charge is -2.26. The van der Waals surface area contributed by atoms with Crippen LogP contribution < -0.4 is 4.90 Å².